The molecule has 0 saturated carbocycles. The van der Waals surface area contributed by atoms with Crippen LogP contribution < -0.4 is 0 Å². The van der Waals surface area contributed by atoms with Crippen molar-refractivity contribution in [2.24, 2.45) is 0 Å². The topological polar surface area (TPSA) is 20.2 Å². The molecule has 0 aliphatic carbocycles. The molecule has 0 fully saturated rings. The van der Waals surface area contributed by atoms with Crippen LogP contribution in [0, 0.1) is 11.8 Å². The molecule has 1 rings (SSSR count). The molecule has 1 nitrogen and oxygen atoms in total. The summed E-state index contributed by atoms with van der Waals surface area (Å²) in [5.74, 6) is 5.93. The highest BCUT2D eigenvalue weighted by atomic mass is 16.2. The van der Waals surface area contributed by atoms with E-state index in [1.54, 1.807) is 0 Å². The van der Waals surface area contributed by atoms with Crippen molar-refractivity contribution in [2.45, 2.75) is 32.6 Å². The van der Waals surface area contributed by atoms with Crippen molar-refractivity contribution in [2.75, 3.05) is 6.61 Å². The van der Waals surface area contributed by atoms with Crippen LogP contribution in [0.3, 0.4) is 0 Å². The number of aliphatic hydroxyl groups is 1. The van der Waals surface area contributed by atoms with Crippen molar-refractivity contribution in [3.05, 3.63) is 35.4 Å². The Hall–Kier alpha value is -1.26. The minimum absolute atomic E-state index is 0.140. The summed E-state index contributed by atoms with van der Waals surface area (Å²) in [5.41, 5.74) is 2.41. The monoisotopic (exact) mass is 202 g/mol. The molecule has 0 atom stereocenters. The highest BCUT2D eigenvalue weighted by molar-refractivity contribution is 5.36. The fraction of sp³-hybridized carbons (Fsp3) is 0.429. The fourth-order valence-corrected chi connectivity index (χ4v) is 1.36. The van der Waals surface area contributed by atoms with Crippen molar-refractivity contribution < 1.29 is 5.11 Å². The van der Waals surface area contributed by atoms with Gasteiger partial charge in [-0.25, -0.2) is 0 Å². The second kappa shape index (κ2) is 7.09. The lowest BCUT2D eigenvalue weighted by Gasteiger charge is -1.99. The number of hydrogen-bond acceptors (Lipinski definition) is 1. The molecular weight excluding hydrogens is 184 g/mol. The van der Waals surface area contributed by atoms with Crippen LogP contribution in [0.4, 0.5) is 0 Å². The molecule has 0 heterocycles. The second-order valence-electron chi connectivity index (χ2n) is 3.58. The van der Waals surface area contributed by atoms with Gasteiger partial charge in [0.1, 0.15) is 0 Å². The second-order valence-corrected chi connectivity index (χ2v) is 3.58. The highest BCUT2D eigenvalue weighted by Crippen LogP contribution is 2.06. The zero-order valence-corrected chi connectivity index (χ0v) is 9.29. The van der Waals surface area contributed by atoms with Crippen molar-refractivity contribution in [3.63, 3.8) is 0 Å². The summed E-state index contributed by atoms with van der Waals surface area (Å²) in [7, 11) is 0. The van der Waals surface area contributed by atoms with Crippen molar-refractivity contribution in [3.8, 4) is 11.8 Å². The number of aliphatic hydroxyl groups excluding tert-OH is 1. The summed E-state index contributed by atoms with van der Waals surface area (Å²) >= 11 is 0. The maximum absolute atomic E-state index is 8.58. The van der Waals surface area contributed by atoms with Crippen LogP contribution in [0.5, 0.6) is 0 Å². The summed E-state index contributed by atoms with van der Waals surface area (Å²) in [6, 6.07) is 8.38. The Morgan fingerprint density at radius 3 is 2.53 bits per heavy atom. The lowest BCUT2D eigenvalue weighted by molar-refractivity contribution is 0.305. The summed E-state index contributed by atoms with van der Waals surface area (Å²) in [6.45, 7) is 2.34. The van der Waals surface area contributed by atoms with Gasteiger partial charge in [-0.3, -0.25) is 0 Å². The Bertz CT molecular complexity index is 327. The van der Waals surface area contributed by atoms with E-state index in [0.717, 1.165) is 12.0 Å². The minimum Gasteiger partial charge on any atom is -0.395 e. The molecular formula is C14H18O. The van der Waals surface area contributed by atoms with E-state index >= 15 is 0 Å². The third kappa shape index (κ3) is 4.67. The lowest BCUT2D eigenvalue weighted by atomic mass is 10.1. The maximum atomic E-state index is 8.58. The van der Waals surface area contributed by atoms with Gasteiger partial charge in [0, 0.05) is 12.0 Å². The van der Waals surface area contributed by atoms with Gasteiger partial charge in [0.05, 0.1) is 6.61 Å². The van der Waals surface area contributed by atoms with Gasteiger partial charge in [-0.15, -0.1) is 0 Å². The summed E-state index contributed by atoms with van der Waals surface area (Å²) < 4.78 is 0. The van der Waals surface area contributed by atoms with Crippen LogP contribution in [0.15, 0.2) is 24.3 Å². The van der Waals surface area contributed by atoms with E-state index in [1.165, 1.54) is 18.4 Å². The number of unbranched alkanes of at least 4 members (excludes halogenated alkanes) is 1. The third-order valence-corrected chi connectivity index (χ3v) is 2.24. The minimum atomic E-state index is 0.140. The molecule has 0 saturated heterocycles. The molecule has 0 unspecified atom stereocenters. The molecule has 0 amide bonds. The largest absolute Gasteiger partial charge is 0.395 e. The van der Waals surface area contributed by atoms with Crippen LogP contribution >= 0.6 is 0 Å². The van der Waals surface area contributed by atoms with E-state index in [0.29, 0.717) is 6.42 Å². The number of rotatable bonds is 4. The molecule has 0 aliphatic heterocycles. The van der Waals surface area contributed by atoms with E-state index in [9.17, 15) is 0 Å². The number of aryl methyl sites for hydroxylation is 1. The first kappa shape index (κ1) is 11.8. The van der Waals surface area contributed by atoms with Gasteiger partial charge < -0.3 is 5.11 Å². The van der Waals surface area contributed by atoms with Crippen LogP contribution in [0.2, 0.25) is 0 Å². The predicted molar refractivity (Wildman–Crippen MR) is 63.6 cm³/mol. The Kier molecular flexibility index (Phi) is 5.58. The maximum Gasteiger partial charge on any atom is 0.0540 e. The Morgan fingerprint density at radius 1 is 1.20 bits per heavy atom. The zero-order chi connectivity index (χ0) is 10.9. The molecule has 0 radical (unpaired) electrons. The first-order valence-corrected chi connectivity index (χ1v) is 5.55. The smallest absolute Gasteiger partial charge is 0.0540 e. The van der Waals surface area contributed by atoms with E-state index in [-0.39, 0.29) is 6.61 Å². The zero-order valence-electron chi connectivity index (χ0n) is 9.29. The standard InChI is InChI=1S/C14H18O/c1-2-3-6-13-8-10-14(11-9-13)7-4-5-12-15/h8-11,15H,2-3,5-6,12H2,1H3. The van der Waals surface area contributed by atoms with Gasteiger partial charge in [0.15, 0.2) is 0 Å². The van der Waals surface area contributed by atoms with E-state index in [1.807, 2.05) is 0 Å². The Morgan fingerprint density at radius 2 is 1.93 bits per heavy atom. The summed E-state index contributed by atoms with van der Waals surface area (Å²) in [4.78, 5) is 0. The van der Waals surface area contributed by atoms with E-state index in [4.69, 9.17) is 5.11 Å². The molecule has 1 N–H and O–H groups in total. The molecule has 80 valence electrons. The molecule has 0 aromatic heterocycles. The summed E-state index contributed by atoms with van der Waals surface area (Å²) in [5, 5.41) is 8.58. The van der Waals surface area contributed by atoms with Crippen LogP contribution in [0.25, 0.3) is 0 Å². The number of hydrogen-bond donors (Lipinski definition) is 1. The molecule has 0 bridgehead atoms. The average Bonchev–Trinajstić information content (AvgIpc) is 2.28. The van der Waals surface area contributed by atoms with Gasteiger partial charge >= 0.3 is 0 Å². The van der Waals surface area contributed by atoms with Crippen molar-refractivity contribution in [1.29, 1.82) is 0 Å². The van der Waals surface area contributed by atoms with Crippen LogP contribution in [0.1, 0.15) is 37.3 Å². The average molecular weight is 202 g/mol. The molecule has 0 spiro atoms. The van der Waals surface area contributed by atoms with Gasteiger partial charge in [-0.05, 0) is 30.5 Å². The quantitative estimate of drug-likeness (QED) is 0.744. The van der Waals surface area contributed by atoms with Gasteiger partial charge in [0.2, 0.25) is 0 Å². The predicted octanol–water partition coefficient (Wildman–Crippen LogP) is 2.76. The molecule has 1 aromatic rings. The third-order valence-electron chi connectivity index (χ3n) is 2.24. The molecule has 15 heavy (non-hydrogen) atoms. The molecule has 0 aliphatic rings. The van der Waals surface area contributed by atoms with E-state index in [2.05, 4.69) is 43.0 Å². The molecule has 1 heteroatoms. The summed E-state index contributed by atoms with van der Waals surface area (Å²) in [6.07, 6.45) is 4.19. The first-order valence-electron chi connectivity index (χ1n) is 5.55. The first-order chi connectivity index (χ1) is 7.36. The van der Waals surface area contributed by atoms with Gasteiger partial charge in [-0.1, -0.05) is 37.3 Å². The number of benzene rings is 1. The van der Waals surface area contributed by atoms with E-state index < -0.39 is 0 Å². The normalized spacial score (nSPS) is 9.47. The van der Waals surface area contributed by atoms with Gasteiger partial charge in [0.25, 0.3) is 0 Å². The fourth-order valence-electron chi connectivity index (χ4n) is 1.36. The lowest BCUT2D eigenvalue weighted by Crippen LogP contribution is -1.84. The van der Waals surface area contributed by atoms with Gasteiger partial charge in [-0.2, -0.15) is 0 Å². The van der Waals surface area contributed by atoms with Crippen molar-refractivity contribution in [1.82, 2.24) is 0 Å². The van der Waals surface area contributed by atoms with Crippen LogP contribution in [-0.2, 0) is 6.42 Å². The Labute approximate surface area is 92.1 Å². The SMILES string of the molecule is CCCCc1ccc(C#CCCO)cc1. The molecule has 1 aromatic carbocycles. The van der Waals surface area contributed by atoms with Crippen LogP contribution in [-0.4, -0.2) is 11.7 Å². The highest BCUT2D eigenvalue weighted by Gasteiger charge is 1.91. The Balaban J connectivity index is 2.53. The van der Waals surface area contributed by atoms with Crippen molar-refractivity contribution >= 4 is 0 Å².